The molecule has 0 spiro atoms. The minimum Gasteiger partial charge on any atom is -0.494 e. The molecule has 98 valence electrons. The van der Waals surface area contributed by atoms with Gasteiger partial charge < -0.3 is 23.8 Å². The Labute approximate surface area is 101 Å². The molecule has 0 atom stereocenters. The van der Waals surface area contributed by atoms with Gasteiger partial charge in [0.05, 0.1) is 6.54 Å². The number of hydrogen-bond acceptors (Lipinski definition) is 6. The highest BCUT2D eigenvalue weighted by atomic mass is 31.2. The maximum absolute atomic E-state index is 11.8. The minimum atomic E-state index is -2.61. The molecule has 1 rings (SSSR count). The molecule has 0 bridgehead atoms. The molecule has 1 amide bonds. The Balaban J connectivity index is 2.70. The van der Waals surface area contributed by atoms with Crippen molar-refractivity contribution in [2.45, 2.75) is 26.4 Å². The number of rotatable bonds is 2. The maximum Gasteiger partial charge on any atom is 0.417 e. The van der Waals surface area contributed by atoms with Crippen molar-refractivity contribution < 1.29 is 28.6 Å². The third-order valence-corrected chi connectivity index (χ3v) is 2.02. The van der Waals surface area contributed by atoms with E-state index in [-0.39, 0.29) is 12.4 Å². The van der Waals surface area contributed by atoms with E-state index in [1.807, 2.05) is 0 Å². The molecule has 0 saturated heterocycles. The number of carbonyl (C=O) groups excluding carboxylic acids is 1. The van der Waals surface area contributed by atoms with Gasteiger partial charge in [-0.25, -0.2) is 9.69 Å². The average molecular weight is 265 g/mol. The smallest absolute Gasteiger partial charge is 0.417 e. The van der Waals surface area contributed by atoms with E-state index in [2.05, 4.69) is 4.52 Å². The third kappa shape index (κ3) is 4.77. The molecule has 1 aliphatic rings. The molecule has 0 aromatic rings. The maximum atomic E-state index is 11.8. The van der Waals surface area contributed by atoms with Crippen LogP contribution in [0.4, 0.5) is 4.79 Å². The van der Waals surface area contributed by atoms with Crippen molar-refractivity contribution in [3.8, 4) is 0 Å². The fourth-order valence-electron chi connectivity index (χ4n) is 1.10. The van der Waals surface area contributed by atoms with E-state index in [4.69, 9.17) is 19.3 Å². The molecule has 0 radical (unpaired) electrons. The van der Waals surface area contributed by atoms with Crippen LogP contribution in [0.25, 0.3) is 0 Å². The fraction of sp³-hybridized carbons (Fsp3) is 0.667. The van der Waals surface area contributed by atoms with Crippen molar-refractivity contribution in [2.24, 2.45) is 0 Å². The van der Waals surface area contributed by atoms with Crippen LogP contribution in [0.1, 0.15) is 20.8 Å². The van der Waals surface area contributed by atoms with Crippen LogP contribution in [0.5, 0.6) is 0 Å². The monoisotopic (exact) mass is 265 g/mol. The molecular weight excluding hydrogens is 249 g/mol. The Morgan fingerprint density at radius 1 is 1.53 bits per heavy atom. The van der Waals surface area contributed by atoms with Gasteiger partial charge in [0.2, 0.25) is 5.88 Å². The molecule has 0 aromatic heterocycles. The van der Waals surface area contributed by atoms with E-state index in [9.17, 15) is 4.79 Å². The molecule has 0 fully saturated rings. The van der Waals surface area contributed by atoms with Crippen LogP contribution in [0, 0.1) is 0 Å². The predicted octanol–water partition coefficient (Wildman–Crippen LogP) is 1.28. The van der Waals surface area contributed by atoms with Gasteiger partial charge in [0, 0.05) is 0 Å². The number of amides is 1. The summed E-state index contributed by atoms with van der Waals surface area (Å²) in [5, 5.41) is 0. The highest BCUT2D eigenvalue weighted by molar-refractivity contribution is 7.39. The number of hydrogen-bond donors (Lipinski definition) is 2. The molecule has 0 saturated carbocycles. The molecular formula is C9H16NO6P. The Morgan fingerprint density at radius 2 is 2.18 bits per heavy atom. The number of nitrogens with zero attached hydrogens (tertiary/aromatic N) is 1. The van der Waals surface area contributed by atoms with E-state index in [1.165, 1.54) is 0 Å². The molecule has 0 unspecified atom stereocenters. The first-order chi connectivity index (χ1) is 7.79. The summed E-state index contributed by atoms with van der Waals surface area (Å²) in [6, 6.07) is 0. The lowest BCUT2D eigenvalue weighted by Crippen LogP contribution is -2.40. The van der Waals surface area contributed by atoms with Gasteiger partial charge in [-0.15, -0.1) is 0 Å². The van der Waals surface area contributed by atoms with Crippen LogP contribution < -0.4 is 0 Å². The second-order valence-electron chi connectivity index (χ2n) is 4.30. The zero-order valence-corrected chi connectivity index (χ0v) is 10.8. The Bertz CT molecular complexity index is 311. The van der Waals surface area contributed by atoms with Gasteiger partial charge in [-0.3, -0.25) is 0 Å². The Kier molecular flexibility index (Phi) is 4.56. The molecule has 0 aliphatic carbocycles. The minimum absolute atomic E-state index is 0.0680. The molecule has 0 aromatic carbocycles. The highest BCUT2D eigenvalue weighted by Gasteiger charge is 2.29. The van der Waals surface area contributed by atoms with Gasteiger partial charge in [0.1, 0.15) is 18.5 Å². The summed E-state index contributed by atoms with van der Waals surface area (Å²) in [6.45, 7) is 5.73. The summed E-state index contributed by atoms with van der Waals surface area (Å²) in [7, 11) is -2.61. The number of carbonyl (C=O) groups is 1. The van der Waals surface area contributed by atoms with Crippen LogP contribution in [0.3, 0.4) is 0 Å². The van der Waals surface area contributed by atoms with E-state index in [1.54, 1.807) is 20.8 Å². The summed E-state index contributed by atoms with van der Waals surface area (Å²) >= 11 is 0. The number of ether oxygens (including phenoxy) is 2. The first-order valence-corrected chi connectivity index (χ1v) is 6.14. The van der Waals surface area contributed by atoms with Crippen LogP contribution in [-0.4, -0.2) is 39.5 Å². The van der Waals surface area contributed by atoms with Crippen LogP contribution >= 0.6 is 8.60 Å². The molecule has 2 N–H and O–H groups in total. The van der Waals surface area contributed by atoms with E-state index >= 15 is 0 Å². The summed E-state index contributed by atoms with van der Waals surface area (Å²) in [5.74, 6) is -0.0680. The zero-order valence-electron chi connectivity index (χ0n) is 9.91. The summed E-state index contributed by atoms with van der Waals surface area (Å²) in [4.78, 5) is 30.4. The molecule has 1 aliphatic heterocycles. The summed E-state index contributed by atoms with van der Waals surface area (Å²) < 4.78 is 14.8. The Morgan fingerprint density at radius 3 is 2.71 bits per heavy atom. The lowest BCUT2D eigenvalue weighted by molar-refractivity contribution is 0.0114. The summed E-state index contributed by atoms with van der Waals surface area (Å²) in [5.41, 5.74) is -0.635. The van der Waals surface area contributed by atoms with Crippen molar-refractivity contribution in [1.82, 2.24) is 4.90 Å². The lowest BCUT2D eigenvalue weighted by atomic mass is 10.2. The van der Waals surface area contributed by atoms with Gasteiger partial charge in [0.25, 0.3) is 0 Å². The second kappa shape index (κ2) is 5.53. The van der Waals surface area contributed by atoms with E-state index < -0.39 is 20.3 Å². The predicted molar refractivity (Wildman–Crippen MR) is 59.4 cm³/mol. The second-order valence-corrected chi connectivity index (χ2v) is 4.99. The van der Waals surface area contributed by atoms with Crippen molar-refractivity contribution in [2.75, 3.05) is 13.2 Å². The normalized spacial score (nSPS) is 16.4. The molecule has 7 nitrogen and oxygen atoms in total. The molecule has 17 heavy (non-hydrogen) atoms. The largest absolute Gasteiger partial charge is 0.494 e. The van der Waals surface area contributed by atoms with Gasteiger partial charge in [-0.1, -0.05) is 0 Å². The van der Waals surface area contributed by atoms with Crippen molar-refractivity contribution in [3.63, 3.8) is 0 Å². The van der Waals surface area contributed by atoms with Crippen LogP contribution in [0.2, 0.25) is 0 Å². The quantitative estimate of drug-likeness (QED) is 0.731. The fourth-order valence-corrected chi connectivity index (χ4v) is 1.41. The van der Waals surface area contributed by atoms with Gasteiger partial charge in [-0.2, -0.15) is 0 Å². The first-order valence-electron chi connectivity index (χ1n) is 4.98. The van der Waals surface area contributed by atoms with Gasteiger partial charge in [-0.05, 0) is 20.8 Å². The van der Waals surface area contributed by atoms with E-state index in [0.717, 1.165) is 11.2 Å². The van der Waals surface area contributed by atoms with Crippen LogP contribution in [-0.2, 0) is 14.0 Å². The lowest BCUT2D eigenvalue weighted by Gasteiger charge is -2.30. The third-order valence-electron chi connectivity index (χ3n) is 1.67. The van der Waals surface area contributed by atoms with Crippen molar-refractivity contribution in [3.05, 3.63) is 12.1 Å². The van der Waals surface area contributed by atoms with E-state index in [0.29, 0.717) is 6.61 Å². The SMILES string of the molecule is CC(C)(C)OC(=O)N1CCOC=C1OP(O)O. The zero-order chi connectivity index (χ0) is 13.1. The molecule has 1 heterocycles. The van der Waals surface area contributed by atoms with Crippen molar-refractivity contribution in [1.29, 1.82) is 0 Å². The first kappa shape index (κ1) is 14.0. The van der Waals surface area contributed by atoms with Gasteiger partial charge in [0.15, 0.2) is 0 Å². The average Bonchev–Trinajstić information content (AvgIpc) is 2.14. The van der Waals surface area contributed by atoms with Gasteiger partial charge >= 0.3 is 14.7 Å². The topological polar surface area (TPSA) is 88.5 Å². The standard InChI is InChI=1S/C9H16NO6P/c1-9(2,3)15-8(11)10-4-5-14-6-7(10)16-17(12)13/h6,12-13H,4-5H2,1-3H3. The van der Waals surface area contributed by atoms with Crippen LogP contribution in [0.15, 0.2) is 12.1 Å². The molecule has 8 heteroatoms. The van der Waals surface area contributed by atoms with Crippen molar-refractivity contribution >= 4 is 14.7 Å². The highest BCUT2D eigenvalue weighted by Crippen LogP contribution is 2.31. The Hall–Kier alpha value is -1.04. The summed E-state index contributed by atoms with van der Waals surface area (Å²) in [6.07, 6.45) is 0.527.